The maximum atomic E-state index is 13.6. The molecule has 0 unspecified atom stereocenters. The highest BCUT2D eigenvalue weighted by atomic mass is 19.1. The van der Waals surface area contributed by atoms with Gasteiger partial charge in [0, 0.05) is 12.6 Å². The van der Waals surface area contributed by atoms with Crippen molar-refractivity contribution in [3.05, 3.63) is 30.1 Å². The summed E-state index contributed by atoms with van der Waals surface area (Å²) in [6, 6.07) is 7.10. The van der Waals surface area contributed by atoms with E-state index in [4.69, 9.17) is 4.74 Å². The summed E-state index contributed by atoms with van der Waals surface area (Å²) >= 11 is 0. The number of benzene rings is 1. The molecule has 3 aliphatic rings. The van der Waals surface area contributed by atoms with Gasteiger partial charge in [0.1, 0.15) is 6.10 Å². The van der Waals surface area contributed by atoms with E-state index in [0.717, 1.165) is 19.0 Å². The standard InChI is InChI=1S/C21H30FN3O2/c22-18-7-1-2-9-20(18)27-17-14-25(15-17)21(26)23-11-10-16-6-5-13-24-12-4-3-8-19(16)24/h1-2,7,9,16-17,19H,3-6,8,10-15H2,(H,23,26)/t16-,19+/m0/s1. The number of carbonyl (C=O) groups excluding carboxylic acids is 1. The van der Waals surface area contributed by atoms with Gasteiger partial charge < -0.3 is 19.9 Å². The molecule has 0 bridgehead atoms. The average molecular weight is 375 g/mol. The summed E-state index contributed by atoms with van der Waals surface area (Å²) in [5.41, 5.74) is 0. The second-order valence-electron chi connectivity index (χ2n) is 8.10. The van der Waals surface area contributed by atoms with Crippen LogP contribution in [0.25, 0.3) is 0 Å². The number of piperidine rings is 2. The van der Waals surface area contributed by atoms with E-state index in [9.17, 15) is 9.18 Å². The first-order chi connectivity index (χ1) is 13.2. The number of halogens is 1. The molecule has 6 heteroatoms. The predicted octanol–water partition coefficient (Wildman–Crippen LogP) is 3.25. The minimum Gasteiger partial charge on any atom is -0.484 e. The van der Waals surface area contributed by atoms with Gasteiger partial charge in [0.05, 0.1) is 13.1 Å². The number of rotatable bonds is 5. The average Bonchev–Trinajstić information content (AvgIpc) is 2.65. The Morgan fingerprint density at radius 3 is 2.81 bits per heavy atom. The fourth-order valence-electron chi connectivity index (χ4n) is 4.79. The summed E-state index contributed by atoms with van der Waals surface area (Å²) in [4.78, 5) is 16.7. The van der Waals surface area contributed by atoms with Crippen molar-refractivity contribution in [2.75, 3.05) is 32.7 Å². The van der Waals surface area contributed by atoms with Gasteiger partial charge >= 0.3 is 6.03 Å². The summed E-state index contributed by atoms with van der Waals surface area (Å²) in [5, 5.41) is 3.06. The largest absolute Gasteiger partial charge is 0.484 e. The first kappa shape index (κ1) is 18.5. The Bertz CT molecular complexity index is 648. The molecule has 1 N–H and O–H groups in total. The van der Waals surface area contributed by atoms with Gasteiger partial charge in [-0.15, -0.1) is 0 Å². The van der Waals surface area contributed by atoms with E-state index in [2.05, 4.69) is 10.2 Å². The molecular formula is C21H30FN3O2. The molecule has 148 valence electrons. The molecule has 0 spiro atoms. The van der Waals surface area contributed by atoms with Crippen LogP contribution in [0.5, 0.6) is 5.75 Å². The Labute approximate surface area is 160 Å². The van der Waals surface area contributed by atoms with E-state index in [1.165, 1.54) is 51.3 Å². The lowest BCUT2D eigenvalue weighted by atomic mass is 9.82. The molecular weight excluding hydrogens is 345 g/mol. The van der Waals surface area contributed by atoms with E-state index in [0.29, 0.717) is 19.0 Å². The van der Waals surface area contributed by atoms with E-state index in [1.807, 2.05) is 0 Å². The fourth-order valence-corrected chi connectivity index (χ4v) is 4.79. The van der Waals surface area contributed by atoms with E-state index < -0.39 is 0 Å². The normalized spacial score (nSPS) is 26.2. The molecule has 2 amide bonds. The highest BCUT2D eigenvalue weighted by Crippen LogP contribution is 2.32. The molecule has 2 atom stereocenters. The van der Waals surface area contributed by atoms with E-state index in [1.54, 1.807) is 23.1 Å². The lowest BCUT2D eigenvalue weighted by Crippen LogP contribution is -2.59. The lowest BCUT2D eigenvalue weighted by Gasteiger charge is -2.44. The third-order valence-electron chi connectivity index (χ3n) is 6.29. The Balaban J connectivity index is 1.16. The van der Waals surface area contributed by atoms with Crippen LogP contribution in [0, 0.1) is 11.7 Å². The molecule has 0 radical (unpaired) electrons. The molecule has 27 heavy (non-hydrogen) atoms. The minimum absolute atomic E-state index is 0.0281. The molecule has 3 aliphatic heterocycles. The van der Waals surface area contributed by atoms with Crippen molar-refractivity contribution in [3.63, 3.8) is 0 Å². The predicted molar refractivity (Wildman–Crippen MR) is 102 cm³/mol. The highest BCUT2D eigenvalue weighted by Gasteiger charge is 2.34. The molecule has 3 saturated heterocycles. The Morgan fingerprint density at radius 2 is 1.96 bits per heavy atom. The first-order valence-corrected chi connectivity index (χ1v) is 10.4. The van der Waals surface area contributed by atoms with Gasteiger partial charge in [-0.1, -0.05) is 18.6 Å². The lowest BCUT2D eigenvalue weighted by molar-refractivity contribution is 0.0402. The van der Waals surface area contributed by atoms with Gasteiger partial charge in [-0.2, -0.15) is 0 Å². The van der Waals surface area contributed by atoms with Crippen LogP contribution in [0.3, 0.4) is 0 Å². The number of nitrogens with one attached hydrogen (secondary N) is 1. The van der Waals surface area contributed by atoms with Crippen LogP contribution in [-0.4, -0.2) is 60.7 Å². The number of amides is 2. The van der Waals surface area contributed by atoms with Crippen molar-refractivity contribution in [2.24, 2.45) is 5.92 Å². The minimum atomic E-state index is -0.357. The van der Waals surface area contributed by atoms with Crippen LogP contribution in [0.2, 0.25) is 0 Å². The van der Waals surface area contributed by atoms with Gasteiger partial charge in [0.2, 0.25) is 0 Å². The van der Waals surface area contributed by atoms with Crippen molar-refractivity contribution >= 4 is 6.03 Å². The number of hydrogen-bond donors (Lipinski definition) is 1. The first-order valence-electron chi connectivity index (χ1n) is 10.4. The van der Waals surface area contributed by atoms with E-state index >= 15 is 0 Å². The number of carbonyl (C=O) groups is 1. The monoisotopic (exact) mass is 375 g/mol. The van der Waals surface area contributed by atoms with Crippen molar-refractivity contribution < 1.29 is 13.9 Å². The number of urea groups is 1. The third-order valence-corrected chi connectivity index (χ3v) is 6.29. The van der Waals surface area contributed by atoms with E-state index in [-0.39, 0.29) is 23.7 Å². The summed E-state index contributed by atoms with van der Waals surface area (Å²) in [7, 11) is 0. The zero-order chi connectivity index (χ0) is 18.6. The van der Waals surface area contributed by atoms with Crippen LogP contribution in [0.15, 0.2) is 24.3 Å². The van der Waals surface area contributed by atoms with Crippen molar-refractivity contribution in [1.82, 2.24) is 15.1 Å². The van der Waals surface area contributed by atoms with Crippen LogP contribution in [-0.2, 0) is 0 Å². The van der Waals surface area contributed by atoms with Gasteiger partial charge in [-0.05, 0) is 63.2 Å². The van der Waals surface area contributed by atoms with Crippen LogP contribution < -0.4 is 10.1 Å². The molecule has 3 fully saturated rings. The molecule has 3 heterocycles. The van der Waals surface area contributed by atoms with Crippen molar-refractivity contribution in [2.45, 2.75) is 50.7 Å². The smallest absolute Gasteiger partial charge is 0.317 e. The summed E-state index contributed by atoms with van der Waals surface area (Å²) in [6.07, 6.45) is 7.53. The van der Waals surface area contributed by atoms with Gasteiger partial charge in [0.25, 0.3) is 0 Å². The van der Waals surface area contributed by atoms with Crippen LogP contribution in [0.1, 0.15) is 38.5 Å². The molecule has 5 nitrogen and oxygen atoms in total. The highest BCUT2D eigenvalue weighted by molar-refractivity contribution is 5.75. The second-order valence-corrected chi connectivity index (χ2v) is 8.10. The Hall–Kier alpha value is -1.82. The fraction of sp³-hybridized carbons (Fsp3) is 0.667. The Kier molecular flexibility index (Phi) is 5.81. The molecule has 4 rings (SSSR count). The third kappa shape index (κ3) is 4.37. The summed E-state index contributed by atoms with van der Waals surface area (Å²) in [6.45, 7) is 4.28. The molecule has 1 aromatic rings. The molecule has 0 saturated carbocycles. The van der Waals surface area contributed by atoms with Gasteiger partial charge in [0.15, 0.2) is 11.6 Å². The Morgan fingerprint density at radius 1 is 1.15 bits per heavy atom. The van der Waals surface area contributed by atoms with Crippen LogP contribution >= 0.6 is 0 Å². The maximum Gasteiger partial charge on any atom is 0.317 e. The SMILES string of the molecule is O=C(NCC[C@@H]1CCCN2CCCC[C@H]12)N1CC(Oc2ccccc2F)C1. The molecule has 0 aliphatic carbocycles. The number of ether oxygens (including phenoxy) is 1. The number of hydrogen-bond acceptors (Lipinski definition) is 3. The molecule has 0 aromatic heterocycles. The zero-order valence-electron chi connectivity index (χ0n) is 15.9. The zero-order valence-corrected chi connectivity index (χ0v) is 15.9. The summed E-state index contributed by atoms with van der Waals surface area (Å²) < 4.78 is 19.2. The van der Waals surface area contributed by atoms with Crippen molar-refractivity contribution in [1.29, 1.82) is 0 Å². The number of likely N-dealkylation sites (tertiary alicyclic amines) is 1. The second kappa shape index (κ2) is 8.46. The van der Waals surface area contributed by atoms with Crippen molar-refractivity contribution in [3.8, 4) is 5.75 Å². The molecule has 1 aromatic carbocycles. The van der Waals surface area contributed by atoms with Gasteiger partial charge in [-0.25, -0.2) is 9.18 Å². The number of fused-ring (bicyclic) bond motifs is 1. The maximum absolute atomic E-state index is 13.6. The quantitative estimate of drug-likeness (QED) is 0.859. The van der Waals surface area contributed by atoms with Gasteiger partial charge in [-0.3, -0.25) is 0 Å². The number of para-hydroxylation sites is 1. The van der Waals surface area contributed by atoms with Crippen LogP contribution in [0.4, 0.5) is 9.18 Å². The number of nitrogens with zero attached hydrogens (tertiary/aromatic N) is 2. The summed E-state index contributed by atoms with van der Waals surface area (Å²) in [5.74, 6) is 0.620. The topological polar surface area (TPSA) is 44.8 Å².